The number of rotatable bonds is 4. The van der Waals surface area contributed by atoms with Crippen molar-refractivity contribution in [3.05, 3.63) is 33.6 Å². The van der Waals surface area contributed by atoms with Crippen LogP contribution in [-0.2, 0) is 0 Å². The van der Waals surface area contributed by atoms with Crippen LogP contribution in [0.5, 0.6) is 0 Å². The molecule has 0 radical (unpaired) electrons. The van der Waals surface area contributed by atoms with Crippen molar-refractivity contribution >= 4 is 41.5 Å². The molecule has 1 aromatic rings. The molecule has 1 amide bonds. The Balaban J connectivity index is 0.00000242. The third-order valence-corrected chi connectivity index (χ3v) is 4.55. The molecule has 1 aliphatic heterocycles. The fourth-order valence-electron chi connectivity index (χ4n) is 2.63. The Morgan fingerprint density at radius 3 is 2.55 bits per heavy atom. The van der Waals surface area contributed by atoms with Gasteiger partial charge in [0.25, 0.3) is 5.91 Å². The van der Waals surface area contributed by atoms with Crippen LogP contribution in [0.25, 0.3) is 0 Å². The van der Waals surface area contributed by atoms with Crippen molar-refractivity contribution < 1.29 is 9.18 Å². The molecule has 0 aromatic heterocycles. The minimum Gasteiger partial charge on any atom is -0.339 e. The number of carbonyl (C=O) groups excluding carboxylic acids is 1. The first kappa shape index (κ1) is 19.5. The van der Waals surface area contributed by atoms with Crippen LogP contribution >= 0.6 is 35.6 Å². The predicted molar refractivity (Wildman–Crippen MR) is 90.8 cm³/mol. The summed E-state index contributed by atoms with van der Waals surface area (Å²) in [6, 6.07) is 2.41. The van der Waals surface area contributed by atoms with Gasteiger partial charge in [-0.25, -0.2) is 4.39 Å². The van der Waals surface area contributed by atoms with E-state index in [4.69, 9.17) is 23.2 Å². The van der Waals surface area contributed by atoms with Gasteiger partial charge < -0.3 is 10.2 Å². The maximum Gasteiger partial charge on any atom is 0.255 e. The second-order valence-corrected chi connectivity index (χ2v) is 6.19. The Kier molecular flexibility index (Phi) is 7.90. The van der Waals surface area contributed by atoms with Gasteiger partial charge in [0.1, 0.15) is 5.82 Å². The van der Waals surface area contributed by atoms with Gasteiger partial charge in [-0.3, -0.25) is 4.79 Å². The lowest BCUT2D eigenvalue weighted by Crippen LogP contribution is -2.39. The molecule has 2 rings (SSSR count). The average molecular weight is 370 g/mol. The number of likely N-dealkylation sites (tertiary alicyclic amines) is 1. The van der Waals surface area contributed by atoms with E-state index in [-0.39, 0.29) is 33.9 Å². The standard InChI is InChI=1S/C15H19Cl2FN2O.ClH/c1-19-5-2-10-3-6-20(7-4-10)15(21)11-8-14(18)13(17)9-12(11)16;/h8-10,19H,2-7H2,1H3;1H. The summed E-state index contributed by atoms with van der Waals surface area (Å²) in [6.45, 7) is 2.37. The summed E-state index contributed by atoms with van der Waals surface area (Å²) in [5.74, 6) is -0.199. The quantitative estimate of drug-likeness (QED) is 0.813. The van der Waals surface area contributed by atoms with Crippen LogP contribution in [0.4, 0.5) is 4.39 Å². The Hall–Kier alpha value is -0.550. The van der Waals surface area contributed by atoms with Crippen LogP contribution < -0.4 is 5.32 Å². The second-order valence-electron chi connectivity index (χ2n) is 5.37. The van der Waals surface area contributed by atoms with Crippen LogP contribution in [0.2, 0.25) is 10.0 Å². The number of nitrogens with one attached hydrogen (secondary N) is 1. The van der Waals surface area contributed by atoms with E-state index in [1.54, 1.807) is 4.90 Å². The van der Waals surface area contributed by atoms with Crippen molar-refractivity contribution in [1.29, 1.82) is 0 Å². The lowest BCUT2D eigenvalue weighted by atomic mass is 9.93. The van der Waals surface area contributed by atoms with Crippen LogP contribution in [0.3, 0.4) is 0 Å². The number of piperidine rings is 1. The van der Waals surface area contributed by atoms with Crippen molar-refractivity contribution in [3.63, 3.8) is 0 Å². The molecule has 1 N–H and O–H groups in total. The highest BCUT2D eigenvalue weighted by Crippen LogP contribution is 2.27. The SMILES string of the molecule is CNCCC1CCN(C(=O)c2cc(F)c(Cl)cc2Cl)CC1.Cl. The summed E-state index contributed by atoms with van der Waals surface area (Å²) in [7, 11) is 1.94. The number of benzene rings is 1. The molecular formula is C15H20Cl3FN2O. The Bertz CT molecular complexity index is 520. The summed E-state index contributed by atoms with van der Waals surface area (Å²) in [4.78, 5) is 14.2. The molecule has 1 saturated heterocycles. The number of halogens is 4. The zero-order valence-corrected chi connectivity index (χ0v) is 14.7. The average Bonchev–Trinajstić information content (AvgIpc) is 2.48. The van der Waals surface area contributed by atoms with Gasteiger partial charge in [0.05, 0.1) is 15.6 Å². The first-order chi connectivity index (χ1) is 10.0. The van der Waals surface area contributed by atoms with Crippen molar-refractivity contribution in [2.45, 2.75) is 19.3 Å². The van der Waals surface area contributed by atoms with Gasteiger partial charge in [-0.1, -0.05) is 23.2 Å². The van der Waals surface area contributed by atoms with E-state index in [1.165, 1.54) is 6.07 Å². The third-order valence-electron chi connectivity index (χ3n) is 3.94. The van der Waals surface area contributed by atoms with Gasteiger partial charge in [-0.05, 0) is 50.9 Å². The van der Waals surface area contributed by atoms with E-state index < -0.39 is 5.82 Å². The largest absolute Gasteiger partial charge is 0.339 e. The normalized spacial score (nSPS) is 15.5. The van der Waals surface area contributed by atoms with Gasteiger partial charge in [-0.15, -0.1) is 12.4 Å². The predicted octanol–water partition coefficient (Wildman–Crippen LogP) is 4.02. The second kappa shape index (κ2) is 8.92. The van der Waals surface area contributed by atoms with Crippen molar-refractivity contribution in [2.24, 2.45) is 5.92 Å². The van der Waals surface area contributed by atoms with E-state index >= 15 is 0 Å². The highest BCUT2D eigenvalue weighted by molar-refractivity contribution is 6.36. The molecule has 1 heterocycles. The monoisotopic (exact) mass is 368 g/mol. The molecule has 3 nitrogen and oxygen atoms in total. The summed E-state index contributed by atoms with van der Waals surface area (Å²) >= 11 is 11.7. The molecular weight excluding hydrogens is 350 g/mol. The number of carbonyl (C=O) groups is 1. The topological polar surface area (TPSA) is 32.3 Å². The molecule has 0 saturated carbocycles. The molecule has 0 bridgehead atoms. The summed E-state index contributed by atoms with van der Waals surface area (Å²) in [6.07, 6.45) is 3.07. The summed E-state index contributed by atoms with van der Waals surface area (Å²) in [5, 5.41) is 3.27. The fraction of sp³-hybridized carbons (Fsp3) is 0.533. The number of nitrogens with zero attached hydrogens (tertiary/aromatic N) is 1. The van der Waals surface area contributed by atoms with Crippen molar-refractivity contribution in [2.75, 3.05) is 26.7 Å². The summed E-state index contributed by atoms with van der Waals surface area (Å²) < 4.78 is 13.5. The number of amides is 1. The zero-order valence-electron chi connectivity index (χ0n) is 12.4. The van der Waals surface area contributed by atoms with E-state index in [1.807, 2.05) is 7.05 Å². The van der Waals surface area contributed by atoms with E-state index in [0.717, 1.165) is 31.9 Å². The maximum atomic E-state index is 13.5. The third kappa shape index (κ3) is 4.72. The number of hydrogen-bond acceptors (Lipinski definition) is 2. The van der Waals surface area contributed by atoms with Gasteiger partial charge in [0, 0.05) is 13.1 Å². The van der Waals surface area contributed by atoms with Crippen LogP contribution in [0, 0.1) is 11.7 Å². The van der Waals surface area contributed by atoms with E-state index in [2.05, 4.69) is 5.32 Å². The minimum absolute atomic E-state index is 0. The van der Waals surface area contributed by atoms with Crippen LogP contribution in [0.1, 0.15) is 29.6 Å². The first-order valence-electron chi connectivity index (χ1n) is 7.11. The molecule has 0 unspecified atom stereocenters. The van der Waals surface area contributed by atoms with E-state index in [9.17, 15) is 9.18 Å². The molecule has 7 heteroatoms. The van der Waals surface area contributed by atoms with Crippen LogP contribution in [-0.4, -0.2) is 37.5 Å². The molecule has 22 heavy (non-hydrogen) atoms. The highest BCUT2D eigenvalue weighted by atomic mass is 35.5. The molecule has 1 aliphatic rings. The Morgan fingerprint density at radius 1 is 1.32 bits per heavy atom. The molecule has 0 spiro atoms. The highest BCUT2D eigenvalue weighted by Gasteiger charge is 2.25. The van der Waals surface area contributed by atoms with Gasteiger partial charge in [-0.2, -0.15) is 0 Å². The molecule has 1 aromatic carbocycles. The maximum absolute atomic E-state index is 13.5. The number of hydrogen-bond donors (Lipinski definition) is 1. The molecule has 124 valence electrons. The van der Waals surface area contributed by atoms with Crippen LogP contribution in [0.15, 0.2) is 12.1 Å². The van der Waals surface area contributed by atoms with Gasteiger partial charge >= 0.3 is 0 Å². The van der Waals surface area contributed by atoms with Crippen molar-refractivity contribution in [1.82, 2.24) is 10.2 Å². The minimum atomic E-state index is -0.617. The molecule has 0 atom stereocenters. The Morgan fingerprint density at radius 2 is 1.95 bits per heavy atom. The zero-order chi connectivity index (χ0) is 15.4. The smallest absolute Gasteiger partial charge is 0.255 e. The van der Waals surface area contributed by atoms with E-state index in [0.29, 0.717) is 19.0 Å². The first-order valence-corrected chi connectivity index (χ1v) is 7.87. The Labute approximate surface area is 146 Å². The lowest BCUT2D eigenvalue weighted by molar-refractivity contribution is 0.0687. The fourth-order valence-corrected chi connectivity index (χ4v) is 3.09. The van der Waals surface area contributed by atoms with Gasteiger partial charge in [0.15, 0.2) is 0 Å². The molecule has 0 aliphatic carbocycles. The lowest BCUT2D eigenvalue weighted by Gasteiger charge is -2.32. The summed E-state index contributed by atoms with van der Waals surface area (Å²) in [5.41, 5.74) is 0.187. The van der Waals surface area contributed by atoms with Crippen molar-refractivity contribution in [3.8, 4) is 0 Å². The van der Waals surface area contributed by atoms with Gasteiger partial charge in [0.2, 0.25) is 0 Å². The molecule has 1 fully saturated rings.